The number of fused-ring (bicyclic) bond motifs is 1. The SMILES string of the molecule is C=CC/C(=N\OC(=C)/C=C/F)C1CCN(C2=CC3ON=C(C4CCN(CCCOc5ccc(C)cc5OC)CC4)C3C=C2)CC1. The van der Waals surface area contributed by atoms with Gasteiger partial charge < -0.3 is 28.9 Å². The molecule has 9 heteroatoms. The largest absolute Gasteiger partial charge is 0.493 e. The summed E-state index contributed by atoms with van der Waals surface area (Å²) in [5.41, 5.74) is 4.49. The van der Waals surface area contributed by atoms with Crippen LogP contribution in [0.3, 0.4) is 0 Å². The molecule has 1 aromatic carbocycles. The molecule has 0 spiro atoms. The molecule has 0 aromatic heterocycles. The average Bonchev–Trinajstić information content (AvgIpc) is 3.49. The van der Waals surface area contributed by atoms with Crippen molar-refractivity contribution in [3.63, 3.8) is 0 Å². The fraction of sp³-hybridized carbons (Fsp3) is 0.500. The molecule has 5 rings (SSSR count). The Balaban J connectivity index is 1.04. The lowest BCUT2D eigenvalue weighted by Crippen LogP contribution is -2.40. The number of benzene rings is 1. The third-order valence-electron chi connectivity index (χ3n) is 9.20. The second kappa shape index (κ2) is 15.9. The Hall–Kier alpha value is -3.85. The molecule has 0 radical (unpaired) electrons. The first-order chi connectivity index (χ1) is 22.0. The number of likely N-dealkylation sites (tertiary alicyclic amines) is 2. The van der Waals surface area contributed by atoms with Crippen LogP contribution in [0.5, 0.6) is 11.5 Å². The Morgan fingerprint density at radius 3 is 2.69 bits per heavy atom. The summed E-state index contributed by atoms with van der Waals surface area (Å²) in [6.45, 7) is 15.2. The Morgan fingerprint density at radius 1 is 1.16 bits per heavy atom. The van der Waals surface area contributed by atoms with Crippen molar-refractivity contribution in [1.29, 1.82) is 0 Å². The first kappa shape index (κ1) is 32.5. The van der Waals surface area contributed by atoms with Crippen molar-refractivity contribution < 1.29 is 23.5 Å². The summed E-state index contributed by atoms with van der Waals surface area (Å²) < 4.78 is 23.9. The fourth-order valence-corrected chi connectivity index (χ4v) is 6.67. The maximum absolute atomic E-state index is 12.4. The van der Waals surface area contributed by atoms with Gasteiger partial charge in [-0.15, -0.1) is 6.58 Å². The highest BCUT2D eigenvalue weighted by Gasteiger charge is 2.39. The summed E-state index contributed by atoms with van der Waals surface area (Å²) >= 11 is 0. The van der Waals surface area contributed by atoms with Gasteiger partial charge in [-0.1, -0.05) is 35.1 Å². The first-order valence-electron chi connectivity index (χ1n) is 16.2. The summed E-state index contributed by atoms with van der Waals surface area (Å²) in [5.74, 6) is 2.74. The van der Waals surface area contributed by atoms with Crippen LogP contribution >= 0.6 is 0 Å². The normalized spacial score (nSPS) is 22.9. The van der Waals surface area contributed by atoms with E-state index in [2.05, 4.69) is 64.5 Å². The molecule has 2 atom stereocenters. The zero-order valence-corrected chi connectivity index (χ0v) is 26.7. The molecule has 0 bridgehead atoms. The van der Waals surface area contributed by atoms with Gasteiger partial charge in [-0.2, -0.15) is 0 Å². The smallest absolute Gasteiger partial charge is 0.161 e. The molecule has 0 saturated carbocycles. The Kier molecular flexibility index (Phi) is 11.5. The van der Waals surface area contributed by atoms with E-state index >= 15 is 0 Å². The van der Waals surface area contributed by atoms with Gasteiger partial charge in [0.05, 0.1) is 37.4 Å². The van der Waals surface area contributed by atoms with Crippen molar-refractivity contribution >= 4 is 11.4 Å². The molecule has 1 aliphatic carbocycles. The van der Waals surface area contributed by atoms with Crippen LogP contribution in [0.15, 0.2) is 89.8 Å². The van der Waals surface area contributed by atoms with E-state index in [-0.39, 0.29) is 23.7 Å². The molecule has 3 heterocycles. The van der Waals surface area contributed by atoms with Crippen LogP contribution in [-0.4, -0.2) is 73.8 Å². The van der Waals surface area contributed by atoms with E-state index in [4.69, 9.17) is 19.1 Å². The van der Waals surface area contributed by atoms with Gasteiger partial charge in [0.2, 0.25) is 0 Å². The lowest BCUT2D eigenvalue weighted by atomic mass is 9.81. The molecule has 2 fully saturated rings. The Labute approximate surface area is 267 Å². The molecule has 45 heavy (non-hydrogen) atoms. The maximum Gasteiger partial charge on any atom is 0.161 e. The molecule has 242 valence electrons. The van der Waals surface area contributed by atoms with Crippen molar-refractivity contribution in [2.24, 2.45) is 28.1 Å². The molecule has 3 aliphatic heterocycles. The van der Waals surface area contributed by atoms with E-state index in [1.54, 1.807) is 7.11 Å². The van der Waals surface area contributed by atoms with Gasteiger partial charge in [0.25, 0.3) is 0 Å². The van der Waals surface area contributed by atoms with E-state index in [1.807, 2.05) is 18.2 Å². The van der Waals surface area contributed by atoms with Crippen LogP contribution in [0.4, 0.5) is 4.39 Å². The molecule has 0 amide bonds. The standard InChI is InChI=1S/C36H47FN4O4/c1-5-7-32(38-44-27(3)12-17-37)28-15-21-41(22-16-28)30-9-10-31-34(25-30)45-39-36(31)29-13-19-40(20-14-29)18-6-23-43-33-11-8-26(2)24-35(33)42-4/h5,8-12,17,24-25,28-29,31,34H,1,3,6-7,13-16,18-23H2,2,4H3/b17-12+,38-32+. The number of halogens is 1. The van der Waals surface area contributed by atoms with E-state index in [0.717, 1.165) is 93.7 Å². The number of nitrogens with zero attached hydrogens (tertiary/aromatic N) is 4. The summed E-state index contributed by atoms with van der Waals surface area (Å²) in [7, 11) is 1.68. The predicted molar refractivity (Wildman–Crippen MR) is 177 cm³/mol. The van der Waals surface area contributed by atoms with Crippen LogP contribution in [0.1, 0.15) is 44.1 Å². The maximum atomic E-state index is 12.4. The van der Waals surface area contributed by atoms with Crippen LogP contribution in [-0.2, 0) is 9.68 Å². The molecule has 2 saturated heterocycles. The van der Waals surface area contributed by atoms with Crippen molar-refractivity contribution in [2.45, 2.75) is 51.6 Å². The van der Waals surface area contributed by atoms with Crippen LogP contribution in [0.25, 0.3) is 0 Å². The van der Waals surface area contributed by atoms with Gasteiger partial charge in [0, 0.05) is 49.7 Å². The number of ether oxygens (including phenoxy) is 2. The number of hydrogen-bond donors (Lipinski definition) is 0. The van der Waals surface area contributed by atoms with Crippen molar-refractivity contribution in [2.75, 3.05) is 46.4 Å². The predicted octanol–water partition coefficient (Wildman–Crippen LogP) is 6.97. The zero-order chi connectivity index (χ0) is 31.6. The van der Waals surface area contributed by atoms with E-state index in [1.165, 1.54) is 11.4 Å². The monoisotopic (exact) mass is 618 g/mol. The minimum absolute atomic E-state index is 0.0347. The molecule has 0 N–H and O–H groups in total. The van der Waals surface area contributed by atoms with Gasteiger partial charge in [0.1, 0.15) is 0 Å². The molecule has 2 unspecified atom stereocenters. The minimum atomic E-state index is -0.0347. The fourth-order valence-electron chi connectivity index (χ4n) is 6.67. The topological polar surface area (TPSA) is 68.1 Å². The van der Waals surface area contributed by atoms with E-state index in [0.29, 0.717) is 25.3 Å². The number of methoxy groups -OCH3 is 1. The van der Waals surface area contributed by atoms with E-state index < -0.39 is 0 Å². The highest BCUT2D eigenvalue weighted by atomic mass is 19.1. The van der Waals surface area contributed by atoms with Gasteiger partial charge in [-0.05, 0) is 82.0 Å². The minimum Gasteiger partial charge on any atom is -0.493 e. The molecular weight excluding hydrogens is 571 g/mol. The second-order valence-electron chi connectivity index (χ2n) is 12.2. The first-order valence-corrected chi connectivity index (χ1v) is 16.2. The summed E-state index contributed by atoms with van der Waals surface area (Å²) in [5, 5.41) is 8.89. The van der Waals surface area contributed by atoms with Gasteiger partial charge in [-0.25, -0.2) is 4.39 Å². The third kappa shape index (κ3) is 8.45. The number of hydrogen-bond acceptors (Lipinski definition) is 8. The van der Waals surface area contributed by atoms with Crippen LogP contribution in [0, 0.1) is 24.7 Å². The highest BCUT2D eigenvalue weighted by Crippen LogP contribution is 2.35. The van der Waals surface area contributed by atoms with Crippen molar-refractivity contribution in [3.05, 3.63) is 85.1 Å². The van der Waals surface area contributed by atoms with Crippen molar-refractivity contribution in [1.82, 2.24) is 9.80 Å². The molecular formula is C36H47FN4O4. The third-order valence-corrected chi connectivity index (χ3v) is 9.20. The van der Waals surface area contributed by atoms with Crippen LogP contribution < -0.4 is 9.47 Å². The zero-order valence-electron chi connectivity index (χ0n) is 26.7. The summed E-state index contributed by atoms with van der Waals surface area (Å²) in [6, 6.07) is 6.04. The number of aryl methyl sites for hydroxylation is 1. The lowest BCUT2D eigenvalue weighted by Gasteiger charge is -2.36. The van der Waals surface area contributed by atoms with Crippen molar-refractivity contribution in [3.8, 4) is 11.5 Å². The van der Waals surface area contributed by atoms with E-state index in [9.17, 15) is 4.39 Å². The van der Waals surface area contributed by atoms with Gasteiger partial charge in [-0.3, -0.25) is 0 Å². The van der Waals surface area contributed by atoms with Gasteiger partial charge >= 0.3 is 0 Å². The van der Waals surface area contributed by atoms with Crippen LogP contribution in [0.2, 0.25) is 0 Å². The Bertz CT molecular complexity index is 1340. The summed E-state index contributed by atoms with van der Waals surface area (Å²) in [4.78, 5) is 16.2. The highest BCUT2D eigenvalue weighted by molar-refractivity contribution is 5.92. The average molecular weight is 619 g/mol. The second-order valence-corrected chi connectivity index (χ2v) is 12.2. The molecule has 4 aliphatic rings. The number of oxime groups is 2. The number of allylic oxidation sites excluding steroid dienone is 3. The number of rotatable bonds is 14. The molecule has 1 aromatic rings. The Morgan fingerprint density at radius 2 is 1.96 bits per heavy atom. The lowest BCUT2D eigenvalue weighted by molar-refractivity contribution is 0.102. The molecule has 8 nitrogen and oxygen atoms in total. The quantitative estimate of drug-likeness (QED) is 0.0561. The number of piperidine rings is 2. The summed E-state index contributed by atoms with van der Waals surface area (Å²) in [6.07, 6.45) is 15.9. The van der Waals surface area contributed by atoms with Gasteiger partial charge in [0.15, 0.2) is 23.4 Å².